The number of hydrogen-bond acceptors (Lipinski definition) is 2. The van der Waals surface area contributed by atoms with Crippen LogP contribution in [-0.4, -0.2) is 27.5 Å². The van der Waals surface area contributed by atoms with Gasteiger partial charge in [0.25, 0.3) is 0 Å². The maximum absolute atomic E-state index is 4.09. The summed E-state index contributed by atoms with van der Waals surface area (Å²) in [7, 11) is 0. The topological polar surface area (TPSA) is 31.9 Å². The number of benzene rings is 1. The summed E-state index contributed by atoms with van der Waals surface area (Å²) in [6, 6.07) is 11.5. The number of nitrogens with zero attached hydrogens (tertiary/aromatic N) is 2. The van der Waals surface area contributed by atoms with Gasteiger partial charge < -0.3 is 4.98 Å². The quantitative estimate of drug-likeness (QED) is 0.892. The smallest absolute Gasteiger partial charge is 0.0922 e. The highest BCUT2D eigenvalue weighted by Crippen LogP contribution is 2.22. The molecule has 1 fully saturated rings. The first-order chi connectivity index (χ1) is 8.92. The second-order valence-corrected chi connectivity index (χ2v) is 5.03. The van der Waals surface area contributed by atoms with Gasteiger partial charge in [0.1, 0.15) is 0 Å². The van der Waals surface area contributed by atoms with E-state index in [2.05, 4.69) is 45.2 Å². The second kappa shape index (κ2) is 5.36. The van der Waals surface area contributed by atoms with Crippen molar-refractivity contribution in [2.24, 2.45) is 0 Å². The lowest BCUT2D eigenvalue weighted by Crippen LogP contribution is -2.30. The van der Waals surface area contributed by atoms with E-state index in [0.717, 1.165) is 13.0 Å². The first-order valence-corrected chi connectivity index (χ1v) is 6.67. The maximum atomic E-state index is 4.09. The molecule has 1 saturated heterocycles. The predicted octanol–water partition coefficient (Wildman–Crippen LogP) is 2.62. The summed E-state index contributed by atoms with van der Waals surface area (Å²) in [6.07, 6.45) is 7.47. The van der Waals surface area contributed by atoms with E-state index in [1.165, 1.54) is 30.6 Å². The molecule has 3 nitrogen and oxygen atoms in total. The van der Waals surface area contributed by atoms with Gasteiger partial charge >= 0.3 is 0 Å². The standard InChI is InChI=1S/C15H19N3/c1-2-5-13(6-3-1)9-15-7-4-8-18(15)11-14-10-16-12-17-14/h1-3,5-6,10,12,15H,4,7-9,11H2,(H,16,17)/t15-/m0/s1. The molecule has 0 unspecified atom stereocenters. The molecule has 0 bridgehead atoms. The normalized spacial score (nSPS) is 20.3. The number of aromatic amines is 1. The van der Waals surface area contributed by atoms with E-state index in [-0.39, 0.29) is 0 Å². The molecule has 3 heteroatoms. The number of imidazole rings is 1. The van der Waals surface area contributed by atoms with Crippen molar-refractivity contribution in [1.82, 2.24) is 14.9 Å². The highest BCUT2D eigenvalue weighted by molar-refractivity contribution is 5.16. The summed E-state index contributed by atoms with van der Waals surface area (Å²) in [6.45, 7) is 2.20. The Kier molecular flexibility index (Phi) is 3.42. The van der Waals surface area contributed by atoms with Crippen molar-refractivity contribution >= 4 is 0 Å². The average molecular weight is 241 g/mol. The first kappa shape index (κ1) is 11.5. The Morgan fingerprint density at radius 3 is 2.94 bits per heavy atom. The van der Waals surface area contributed by atoms with Gasteiger partial charge in [-0.25, -0.2) is 4.98 Å². The van der Waals surface area contributed by atoms with Gasteiger partial charge in [-0.2, -0.15) is 0 Å². The van der Waals surface area contributed by atoms with Crippen molar-refractivity contribution in [2.75, 3.05) is 6.54 Å². The summed E-state index contributed by atoms with van der Waals surface area (Å²) in [5.41, 5.74) is 2.66. The van der Waals surface area contributed by atoms with Gasteiger partial charge in [0.15, 0.2) is 0 Å². The van der Waals surface area contributed by atoms with E-state index in [9.17, 15) is 0 Å². The van der Waals surface area contributed by atoms with Crippen LogP contribution < -0.4 is 0 Å². The summed E-state index contributed by atoms with van der Waals surface area (Å²) in [5, 5.41) is 0. The van der Waals surface area contributed by atoms with Crippen molar-refractivity contribution in [2.45, 2.75) is 31.8 Å². The van der Waals surface area contributed by atoms with Crippen LogP contribution in [0.3, 0.4) is 0 Å². The molecule has 94 valence electrons. The van der Waals surface area contributed by atoms with E-state index in [1.54, 1.807) is 6.33 Å². The van der Waals surface area contributed by atoms with Crippen LogP contribution in [-0.2, 0) is 13.0 Å². The molecule has 1 aromatic heterocycles. The van der Waals surface area contributed by atoms with Crippen LogP contribution in [0.4, 0.5) is 0 Å². The molecule has 0 saturated carbocycles. The van der Waals surface area contributed by atoms with Gasteiger partial charge in [0.2, 0.25) is 0 Å². The first-order valence-electron chi connectivity index (χ1n) is 6.67. The Balaban J connectivity index is 1.64. The van der Waals surface area contributed by atoms with Crippen molar-refractivity contribution < 1.29 is 0 Å². The third-order valence-corrected chi connectivity index (χ3v) is 3.74. The van der Waals surface area contributed by atoms with E-state index in [4.69, 9.17) is 0 Å². The zero-order valence-electron chi connectivity index (χ0n) is 10.5. The van der Waals surface area contributed by atoms with Crippen molar-refractivity contribution in [1.29, 1.82) is 0 Å². The molecular formula is C15H19N3. The molecule has 1 atom stereocenters. The van der Waals surface area contributed by atoms with E-state index in [1.807, 2.05) is 6.20 Å². The van der Waals surface area contributed by atoms with Crippen LogP contribution in [0, 0.1) is 0 Å². The minimum Gasteiger partial charge on any atom is -0.347 e. The zero-order chi connectivity index (χ0) is 12.2. The molecule has 1 N–H and O–H groups in total. The number of aromatic nitrogens is 2. The van der Waals surface area contributed by atoms with Crippen LogP contribution in [0.25, 0.3) is 0 Å². The molecule has 0 radical (unpaired) electrons. The van der Waals surface area contributed by atoms with Gasteiger partial charge in [-0.15, -0.1) is 0 Å². The number of nitrogens with one attached hydrogen (secondary N) is 1. The van der Waals surface area contributed by atoms with E-state index >= 15 is 0 Å². The predicted molar refractivity (Wildman–Crippen MR) is 72.2 cm³/mol. The minimum atomic E-state index is 0.677. The molecule has 0 aliphatic carbocycles. The molecule has 1 aliphatic rings. The van der Waals surface area contributed by atoms with Crippen LogP contribution in [0.1, 0.15) is 24.1 Å². The molecule has 1 aliphatic heterocycles. The molecule has 0 spiro atoms. The SMILES string of the molecule is c1ccc(C[C@@H]2CCCN2Cc2cnc[nH]2)cc1. The van der Waals surface area contributed by atoms with Gasteiger partial charge in [0.05, 0.1) is 6.33 Å². The van der Waals surface area contributed by atoms with Crippen LogP contribution in [0.15, 0.2) is 42.9 Å². The Hall–Kier alpha value is -1.61. The molecule has 2 aromatic rings. The summed E-state index contributed by atoms with van der Waals surface area (Å²) in [4.78, 5) is 9.86. The van der Waals surface area contributed by atoms with Gasteiger partial charge in [-0.1, -0.05) is 30.3 Å². The lowest BCUT2D eigenvalue weighted by molar-refractivity contribution is 0.241. The average Bonchev–Trinajstić information content (AvgIpc) is 3.04. The van der Waals surface area contributed by atoms with Gasteiger partial charge in [0, 0.05) is 24.5 Å². The Labute approximate surface area is 108 Å². The highest BCUT2D eigenvalue weighted by atomic mass is 15.2. The van der Waals surface area contributed by atoms with Gasteiger partial charge in [-0.05, 0) is 31.4 Å². The third-order valence-electron chi connectivity index (χ3n) is 3.74. The van der Waals surface area contributed by atoms with Crippen molar-refractivity contribution in [3.05, 3.63) is 54.1 Å². The molecule has 2 heterocycles. The molecule has 3 rings (SSSR count). The number of H-pyrrole nitrogens is 1. The molecule has 1 aromatic carbocycles. The molecular weight excluding hydrogens is 222 g/mol. The fourth-order valence-electron chi connectivity index (χ4n) is 2.81. The fraction of sp³-hybridized carbons (Fsp3) is 0.400. The van der Waals surface area contributed by atoms with Crippen molar-refractivity contribution in [3.63, 3.8) is 0 Å². The third kappa shape index (κ3) is 2.62. The number of rotatable bonds is 4. The lowest BCUT2D eigenvalue weighted by Gasteiger charge is -2.23. The van der Waals surface area contributed by atoms with Crippen molar-refractivity contribution in [3.8, 4) is 0 Å². The van der Waals surface area contributed by atoms with Crippen LogP contribution in [0.5, 0.6) is 0 Å². The highest BCUT2D eigenvalue weighted by Gasteiger charge is 2.24. The Morgan fingerprint density at radius 1 is 1.28 bits per heavy atom. The minimum absolute atomic E-state index is 0.677. The fourth-order valence-corrected chi connectivity index (χ4v) is 2.81. The Morgan fingerprint density at radius 2 is 2.17 bits per heavy atom. The summed E-state index contributed by atoms with van der Waals surface area (Å²) in [5.74, 6) is 0. The van der Waals surface area contributed by atoms with Crippen LogP contribution in [0.2, 0.25) is 0 Å². The van der Waals surface area contributed by atoms with E-state index in [0.29, 0.717) is 6.04 Å². The second-order valence-electron chi connectivity index (χ2n) is 5.03. The summed E-state index contributed by atoms with van der Waals surface area (Å²) < 4.78 is 0. The largest absolute Gasteiger partial charge is 0.347 e. The van der Waals surface area contributed by atoms with E-state index < -0.39 is 0 Å². The van der Waals surface area contributed by atoms with Gasteiger partial charge in [-0.3, -0.25) is 4.90 Å². The lowest BCUT2D eigenvalue weighted by atomic mass is 10.0. The number of hydrogen-bond donors (Lipinski definition) is 1. The monoisotopic (exact) mass is 241 g/mol. The number of likely N-dealkylation sites (tertiary alicyclic amines) is 1. The maximum Gasteiger partial charge on any atom is 0.0922 e. The van der Waals surface area contributed by atoms with Crippen LogP contribution >= 0.6 is 0 Å². The Bertz CT molecular complexity index is 464. The molecule has 18 heavy (non-hydrogen) atoms. The summed E-state index contributed by atoms with van der Waals surface area (Å²) >= 11 is 0. The zero-order valence-corrected chi connectivity index (χ0v) is 10.5. The molecule has 0 amide bonds.